The number of nitrogen functional groups attached to an aromatic ring is 1. The second kappa shape index (κ2) is 6.11. The number of halogens is 1. The zero-order chi connectivity index (χ0) is 13.0. The summed E-state index contributed by atoms with van der Waals surface area (Å²) in [6.45, 7) is 3.35. The Bertz CT molecular complexity index is 527. The highest BCUT2D eigenvalue weighted by Crippen LogP contribution is 2.27. The van der Waals surface area contributed by atoms with Gasteiger partial charge < -0.3 is 15.8 Å². The van der Waals surface area contributed by atoms with E-state index in [1.54, 1.807) is 11.3 Å². The number of rotatable bonds is 5. The SMILES string of the molecule is CCOc1cc(NCc2sccc2Br)ccc1N. The molecule has 3 N–H and O–H groups in total. The highest BCUT2D eigenvalue weighted by molar-refractivity contribution is 9.10. The summed E-state index contributed by atoms with van der Waals surface area (Å²) < 4.78 is 6.61. The van der Waals surface area contributed by atoms with Crippen molar-refractivity contribution in [3.8, 4) is 5.75 Å². The zero-order valence-electron chi connectivity index (χ0n) is 10.1. The van der Waals surface area contributed by atoms with Gasteiger partial charge in [0.1, 0.15) is 5.75 Å². The Morgan fingerprint density at radius 2 is 2.22 bits per heavy atom. The molecule has 0 aliphatic carbocycles. The van der Waals surface area contributed by atoms with Crippen molar-refractivity contribution in [2.45, 2.75) is 13.5 Å². The van der Waals surface area contributed by atoms with Crippen LogP contribution in [-0.2, 0) is 6.54 Å². The lowest BCUT2D eigenvalue weighted by molar-refractivity contribution is 0.342. The van der Waals surface area contributed by atoms with Crippen LogP contribution in [0.2, 0.25) is 0 Å². The minimum absolute atomic E-state index is 0.615. The Hall–Kier alpha value is -1.20. The number of ether oxygens (including phenoxy) is 1. The molecule has 2 rings (SSSR count). The van der Waals surface area contributed by atoms with Crippen molar-refractivity contribution in [3.05, 3.63) is 39.0 Å². The van der Waals surface area contributed by atoms with Crippen LogP contribution >= 0.6 is 27.3 Å². The van der Waals surface area contributed by atoms with Crippen LogP contribution < -0.4 is 15.8 Å². The first kappa shape index (κ1) is 13.2. The van der Waals surface area contributed by atoms with Crippen LogP contribution in [0.25, 0.3) is 0 Å². The summed E-state index contributed by atoms with van der Waals surface area (Å²) in [7, 11) is 0. The van der Waals surface area contributed by atoms with Crippen molar-refractivity contribution in [1.29, 1.82) is 0 Å². The van der Waals surface area contributed by atoms with E-state index in [-0.39, 0.29) is 0 Å². The molecule has 2 aromatic rings. The van der Waals surface area contributed by atoms with Crippen molar-refractivity contribution >= 4 is 38.6 Å². The molecule has 0 aliphatic rings. The van der Waals surface area contributed by atoms with E-state index >= 15 is 0 Å². The molecule has 0 bridgehead atoms. The predicted molar refractivity (Wildman–Crippen MR) is 81.4 cm³/mol. The lowest BCUT2D eigenvalue weighted by Crippen LogP contribution is -2.01. The number of thiophene rings is 1. The van der Waals surface area contributed by atoms with Crippen molar-refractivity contribution in [1.82, 2.24) is 0 Å². The molecule has 0 spiro atoms. The lowest BCUT2D eigenvalue weighted by Gasteiger charge is -2.10. The van der Waals surface area contributed by atoms with Gasteiger partial charge >= 0.3 is 0 Å². The lowest BCUT2D eigenvalue weighted by atomic mass is 10.2. The van der Waals surface area contributed by atoms with E-state index < -0.39 is 0 Å². The van der Waals surface area contributed by atoms with Gasteiger partial charge in [0, 0.05) is 21.1 Å². The topological polar surface area (TPSA) is 47.3 Å². The molecular formula is C13H15BrN2OS. The van der Waals surface area contributed by atoms with Gasteiger partial charge in [-0.25, -0.2) is 0 Å². The number of nitrogens with one attached hydrogen (secondary N) is 1. The van der Waals surface area contributed by atoms with Gasteiger partial charge in [0.05, 0.1) is 18.8 Å². The molecule has 0 saturated carbocycles. The predicted octanol–water partition coefficient (Wildman–Crippen LogP) is 4.10. The number of benzene rings is 1. The largest absolute Gasteiger partial charge is 0.492 e. The summed E-state index contributed by atoms with van der Waals surface area (Å²) in [4.78, 5) is 1.27. The molecule has 1 aromatic carbocycles. The van der Waals surface area contributed by atoms with Crippen LogP contribution in [0.15, 0.2) is 34.1 Å². The summed E-state index contributed by atoms with van der Waals surface area (Å²) in [5.41, 5.74) is 7.51. The average Bonchev–Trinajstić information content (AvgIpc) is 2.76. The summed E-state index contributed by atoms with van der Waals surface area (Å²) in [6.07, 6.45) is 0. The van der Waals surface area contributed by atoms with Gasteiger partial charge in [0.15, 0.2) is 0 Å². The van der Waals surface area contributed by atoms with Crippen LogP contribution in [0.4, 0.5) is 11.4 Å². The normalized spacial score (nSPS) is 10.3. The van der Waals surface area contributed by atoms with Gasteiger partial charge in [-0.2, -0.15) is 0 Å². The van der Waals surface area contributed by atoms with Gasteiger partial charge in [0.25, 0.3) is 0 Å². The molecule has 0 saturated heterocycles. The Balaban J connectivity index is 2.05. The minimum atomic E-state index is 0.615. The fourth-order valence-electron chi connectivity index (χ4n) is 1.56. The van der Waals surface area contributed by atoms with Gasteiger partial charge in [-0.05, 0) is 46.4 Å². The molecule has 0 aliphatic heterocycles. The summed E-state index contributed by atoms with van der Waals surface area (Å²) in [5, 5.41) is 5.42. The van der Waals surface area contributed by atoms with Crippen LogP contribution in [0, 0.1) is 0 Å². The third kappa shape index (κ3) is 3.17. The Morgan fingerprint density at radius 3 is 2.89 bits per heavy atom. The van der Waals surface area contributed by atoms with Crippen LogP contribution in [0.5, 0.6) is 5.75 Å². The highest BCUT2D eigenvalue weighted by Gasteiger charge is 2.04. The highest BCUT2D eigenvalue weighted by atomic mass is 79.9. The second-order valence-corrected chi connectivity index (χ2v) is 5.59. The van der Waals surface area contributed by atoms with Crippen LogP contribution in [0.1, 0.15) is 11.8 Å². The van der Waals surface area contributed by atoms with Crippen molar-refractivity contribution in [2.75, 3.05) is 17.7 Å². The molecule has 3 nitrogen and oxygen atoms in total. The Labute approximate surface area is 119 Å². The maximum absolute atomic E-state index is 5.83. The van der Waals surface area contributed by atoms with E-state index in [2.05, 4.69) is 32.7 Å². The van der Waals surface area contributed by atoms with Gasteiger partial charge in [-0.3, -0.25) is 0 Å². The summed E-state index contributed by atoms with van der Waals surface area (Å²) in [5.74, 6) is 0.729. The molecule has 96 valence electrons. The van der Waals surface area contributed by atoms with Crippen LogP contribution in [-0.4, -0.2) is 6.61 Å². The van der Waals surface area contributed by atoms with Crippen LogP contribution in [0.3, 0.4) is 0 Å². The van der Waals surface area contributed by atoms with E-state index in [1.165, 1.54) is 4.88 Å². The first-order valence-corrected chi connectivity index (χ1v) is 7.36. The smallest absolute Gasteiger partial charge is 0.144 e. The average molecular weight is 327 g/mol. The van der Waals surface area contributed by atoms with Gasteiger partial charge in [-0.1, -0.05) is 0 Å². The monoisotopic (exact) mass is 326 g/mol. The van der Waals surface area contributed by atoms with Crippen molar-refractivity contribution in [2.24, 2.45) is 0 Å². The Kier molecular flexibility index (Phi) is 4.49. The van der Waals surface area contributed by atoms with Gasteiger partial charge in [0.2, 0.25) is 0 Å². The van der Waals surface area contributed by atoms with E-state index in [0.717, 1.165) is 22.5 Å². The molecule has 0 fully saturated rings. The number of hydrogen-bond acceptors (Lipinski definition) is 4. The third-order valence-electron chi connectivity index (χ3n) is 2.46. The molecule has 1 heterocycles. The van der Waals surface area contributed by atoms with Crippen molar-refractivity contribution < 1.29 is 4.74 Å². The second-order valence-electron chi connectivity index (χ2n) is 3.73. The summed E-state index contributed by atoms with van der Waals surface area (Å²) >= 11 is 5.24. The molecule has 18 heavy (non-hydrogen) atoms. The standard InChI is InChI=1S/C13H15BrN2OS/c1-2-17-12-7-9(3-4-11(12)15)16-8-13-10(14)5-6-18-13/h3-7,16H,2,8,15H2,1H3. The number of nitrogens with two attached hydrogens (primary N) is 1. The molecule has 1 aromatic heterocycles. The van der Waals surface area contributed by atoms with E-state index in [0.29, 0.717) is 12.3 Å². The molecule has 0 atom stereocenters. The maximum atomic E-state index is 5.83. The first-order chi connectivity index (χ1) is 8.70. The number of anilines is 2. The third-order valence-corrected chi connectivity index (χ3v) is 4.38. The van der Waals surface area contributed by atoms with Crippen molar-refractivity contribution in [3.63, 3.8) is 0 Å². The first-order valence-electron chi connectivity index (χ1n) is 5.68. The van der Waals surface area contributed by atoms with E-state index in [4.69, 9.17) is 10.5 Å². The maximum Gasteiger partial charge on any atom is 0.144 e. The minimum Gasteiger partial charge on any atom is -0.492 e. The van der Waals surface area contributed by atoms with Gasteiger partial charge in [-0.15, -0.1) is 11.3 Å². The molecule has 0 amide bonds. The molecule has 5 heteroatoms. The number of hydrogen-bond donors (Lipinski definition) is 2. The van der Waals surface area contributed by atoms with E-state index in [1.807, 2.05) is 25.1 Å². The fourth-order valence-corrected chi connectivity index (χ4v) is 2.99. The molecule has 0 unspecified atom stereocenters. The zero-order valence-corrected chi connectivity index (χ0v) is 12.5. The summed E-state index contributed by atoms with van der Waals surface area (Å²) in [6, 6.07) is 7.80. The molecule has 0 radical (unpaired) electrons. The quantitative estimate of drug-likeness (QED) is 0.813. The Morgan fingerprint density at radius 1 is 1.39 bits per heavy atom. The van der Waals surface area contributed by atoms with E-state index in [9.17, 15) is 0 Å². The fraction of sp³-hybridized carbons (Fsp3) is 0.231. The molecular weight excluding hydrogens is 312 g/mol.